The second kappa shape index (κ2) is 10.9. The van der Waals surface area contributed by atoms with Gasteiger partial charge in [0.1, 0.15) is 12.0 Å². The molecule has 164 valence electrons. The predicted octanol–water partition coefficient (Wildman–Crippen LogP) is 3.18. The molecule has 0 saturated heterocycles. The number of phosphoric acid groups is 1. The summed E-state index contributed by atoms with van der Waals surface area (Å²) in [7, 11) is -4.64. The largest absolute Gasteiger partial charge is 0.466 e. The molecule has 0 spiro atoms. The molecule has 3 aromatic heterocycles. The van der Waals surface area contributed by atoms with Crippen LogP contribution in [0, 0.1) is 10.8 Å². The van der Waals surface area contributed by atoms with Crippen molar-refractivity contribution in [1.29, 1.82) is 0 Å². The molecule has 0 aromatic carbocycles. The minimum Gasteiger partial charge on any atom is -0.379 e. The van der Waals surface area contributed by atoms with Gasteiger partial charge >= 0.3 is 7.82 Å². The van der Waals surface area contributed by atoms with Crippen molar-refractivity contribution in [2.45, 2.75) is 45.1 Å². The van der Waals surface area contributed by atoms with Crippen LogP contribution in [0.1, 0.15) is 45.1 Å². The minimum absolute atomic E-state index is 0.514. The Morgan fingerprint density at radius 2 is 1.93 bits per heavy atom. The quantitative estimate of drug-likeness (QED) is 0.231. The molecule has 1 atom stereocenters. The third kappa shape index (κ3) is 6.70. The lowest BCUT2D eigenvalue weighted by Gasteiger charge is -2.22. The maximum absolute atomic E-state index is 8.88. The molecule has 0 bridgehead atoms. The van der Waals surface area contributed by atoms with E-state index >= 15 is 0 Å². The van der Waals surface area contributed by atoms with Crippen LogP contribution >= 0.6 is 7.82 Å². The van der Waals surface area contributed by atoms with Gasteiger partial charge in [0, 0.05) is 23.3 Å². The molecular weight excluding hydrogens is 415 g/mol. The maximum atomic E-state index is 8.88. The molecule has 5 N–H and O–H groups in total. The predicted molar refractivity (Wildman–Crippen MR) is 108 cm³/mol. The first-order chi connectivity index (χ1) is 14.3. The van der Waals surface area contributed by atoms with Crippen molar-refractivity contribution in [3.63, 3.8) is 0 Å². The van der Waals surface area contributed by atoms with Crippen molar-refractivity contribution >= 4 is 18.9 Å². The van der Waals surface area contributed by atoms with Crippen LogP contribution in [0.4, 0.5) is 0 Å². The molecule has 1 unspecified atom stereocenters. The summed E-state index contributed by atoms with van der Waals surface area (Å²) in [5.41, 5.74) is 2.91. The molecular formula is C17H25N6O6P. The number of rotatable bonds is 4. The Morgan fingerprint density at radius 3 is 2.53 bits per heavy atom. The van der Waals surface area contributed by atoms with Crippen molar-refractivity contribution in [3.05, 3.63) is 35.9 Å². The summed E-state index contributed by atoms with van der Waals surface area (Å²) in [6, 6.07) is 2.54. The molecule has 12 nitrogen and oxygen atoms in total. The van der Waals surface area contributed by atoms with Gasteiger partial charge in [-0.25, -0.2) is 14.5 Å². The molecule has 4 rings (SSSR count). The molecule has 1 saturated carbocycles. The summed E-state index contributed by atoms with van der Waals surface area (Å²) in [6.07, 6.45) is 14.1. The fourth-order valence-electron chi connectivity index (χ4n) is 3.82. The van der Waals surface area contributed by atoms with Crippen LogP contribution in [0.15, 0.2) is 36.3 Å². The van der Waals surface area contributed by atoms with E-state index in [1.54, 1.807) is 6.33 Å². The van der Waals surface area contributed by atoms with Crippen molar-refractivity contribution < 1.29 is 24.5 Å². The summed E-state index contributed by atoms with van der Waals surface area (Å²) in [4.78, 5) is 41.5. The van der Waals surface area contributed by atoms with Gasteiger partial charge in [-0.15, -0.1) is 4.91 Å². The van der Waals surface area contributed by atoms with Gasteiger partial charge in [-0.05, 0) is 31.2 Å². The number of H-pyrrole nitrogens is 1. The molecule has 1 fully saturated rings. The van der Waals surface area contributed by atoms with Crippen molar-refractivity contribution in [3.8, 4) is 11.3 Å². The Kier molecular flexibility index (Phi) is 8.60. The average molecular weight is 440 g/mol. The molecule has 3 aromatic rings. The highest BCUT2D eigenvalue weighted by atomic mass is 31.2. The van der Waals surface area contributed by atoms with Crippen LogP contribution in [0.25, 0.3) is 22.3 Å². The first-order valence-electron chi connectivity index (χ1n) is 9.36. The van der Waals surface area contributed by atoms with E-state index in [4.69, 9.17) is 29.4 Å². The summed E-state index contributed by atoms with van der Waals surface area (Å²) in [5.74, 6) is 0.774. The van der Waals surface area contributed by atoms with Gasteiger partial charge in [0.25, 0.3) is 0 Å². The zero-order valence-corrected chi connectivity index (χ0v) is 17.3. The van der Waals surface area contributed by atoms with Crippen LogP contribution in [0.2, 0.25) is 0 Å². The smallest absolute Gasteiger partial charge is 0.379 e. The van der Waals surface area contributed by atoms with Gasteiger partial charge in [0.2, 0.25) is 0 Å². The molecule has 13 heteroatoms. The molecule has 0 aliphatic heterocycles. The first kappa shape index (κ1) is 23.6. The third-order valence-corrected chi connectivity index (χ3v) is 4.93. The second-order valence-electron chi connectivity index (χ2n) is 6.79. The van der Waals surface area contributed by atoms with E-state index in [1.165, 1.54) is 31.0 Å². The average Bonchev–Trinajstić information content (AvgIpc) is 3.43. The Balaban J connectivity index is 0.000000347. The van der Waals surface area contributed by atoms with E-state index in [0.29, 0.717) is 6.04 Å². The SMILES string of the molecule is CCC(C1CCCC1)n1cc(-c2ncnc3[nH]ccc23)cn1.O=NO.O=P(O)(O)O. The lowest BCUT2D eigenvalue weighted by molar-refractivity contribution is 0.275. The van der Waals surface area contributed by atoms with Crippen LogP contribution < -0.4 is 0 Å². The van der Waals surface area contributed by atoms with Gasteiger partial charge in [-0.1, -0.05) is 19.8 Å². The highest BCUT2D eigenvalue weighted by Crippen LogP contribution is 2.36. The number of nitrogens with zero attached hydrogens (tertiary/aromatic N) is 5. The van der Waals surface area contributed by atoms with E-state index in [1.807, 2.05) is 18.5 Å². The molecule has 3 heterocycles. The molecule has 0 radical (unpaired) electrons. The van der Waals surface area contributed by atoms with Gasteiger partial charge in [-0.2, -0.15) is 5.10 Å². The Morgan fingerprint density at radius 1 is 1.30 bits per heavy atom. The molecule has 30 heavy (non-hydrogen) atoms. The number of aromatic amines is 1. The van der Waals surface area contributed by atoms with E-state index < -0.39 is 7.82 Å². The standard InChI is InChI=1S/C17H21N5.HNO2.H3O4P/c1-2-15(12-5-3-4-6-12)22-10-13(9-21-22)16-14-7-8-18-17(14)20-11-19-16;2-1-3;1-5(2,3)4/h7-12,15H,2-6H2,1H3,(H,18,19,20);(H,2,3);(H3,1,2,3,4). The fourth-order valence-corrected chi connectivity index (χ4v) is 3.82. The van der Waals surface area contributed by atoms with Gasteiger partial charge in [0.05, 0.1) is 17.9 Å². The maximum Gasteiger partial charge on any atom is 0.466 e. The van der Waals surface area contributed by atoms with Gasteiger partial charge < -0.3 is 24.9 Å². The lowest BCUT2D eigenvalue weighted by Crippen LogP contribution is -2.17. The number of fused-ring (bicyclic) bond motifs is 1. The van der Waals surface area contributed by atoms with Crippen molar-refractivity contribution in [2.75, 3.05) is 0 Å². The Bertz CT molecular complexity index is 972. The summed E-state index contributed by atoms with van der Waals surface area (Å²) >= 11 is 0. The number of nitrogens with one attached hydrogen (secondary N) is 1. The van der Waals surface area contributed by atoms with E-state index in [2.05, 4.69) is 37.9 Å². The minimum atomic E-state index is -4.64. The summed E-state index contributed by atoms with van der Waals surface area (Å²) < 4.78 is 11.0. The first-order valence-corrected chi connectivity index (χ1v) is 10.9. The van der Waals surface area contributed by atoms with E-state index in [-0.39, 0.29) is 0 Å². The van der Waals surface area contributed by atoms with Gasteiger partial charge in [0.15, 0.2) is 5.34 Å². The number of aromatic nitrogens is 5. The third-order valence-electron chi connectivity index (χ3n) is 4.93. The molecule has 1 aliphatic rings. The van der Waals surface area contributed by atoms with Crippen LogP contribution in [-0.2, 0) is 4.57 Å². The molecule has 0 amide bonds. The fraction of sp³-hybridized carbons (Fsp3) is 0.471. The zero-order chi connectivity index (χ0) is 22.1. The summed E-state index contributed by atoms with van der Waals surface area (Å²) in [5, 5.41) is 13.6. The normalized spacial score (nSPS) is 15.1. The highest BCUT2D eigenvalue weighted by molar-refractivity contribution is 7.45. The highest BCUT2D eigenvalue weighted by Gasteiger charge is 2.26. The van der Waals surface area contributed by atoms with Crippen LogP contribution in [-0.4, -0.2) is 44.6 Å². The monoisotopic (exact) mass is 440 g/mol. The number of hydrogen-bond donors (Lipinski definition) is 5. The van der Waals surface area contributed by atoms with Crippen LogP contribution in [0.3, 0.4) is 0 Å². The van der Waals surface area contributed by atoms with Crippen molar-refractivity contribution in [1.82, 2.24) is 24.7 Å². The molecule has 1 aliphatic carbocycles. The number of hydrogen-bond acceptors (Lipinski definition) is 6. The van der Waals surface area contributed by atoms with E-state index in [0.717, 1.165) is 34.6 Å². The summed E-state index contributed by atoms with van der Waals surface area (Å²) in [6.45, 7) is 2.26. The second-order valence-corrected chi connectivity index (χ2v) is 7.81. The van der Waals surface area contributed by atoms with E-state index in [9.17, 15) is 0 Å². The van der Waals surface area contributed by atoms with Crippen molar-refractivity contribution in [2.24, 2.45) is 11.3 Å². The van der Waals surface area contributed by atoms with Crippen LogP contribution in [0.5, 0.6) is 0 Å². The van der Waals surface area contributed by atoms with Gasteiger partial charge in [-0.3, -0.25) is 4.68 Å². The lowest BCUT2D eigenvalue weighted by atomic mass is 9.96. The zero-order valence-electron chi connectivity index (χ0n) is 16.4. The Labute approximate surface area is 172 Å². The topological polar surface area (TPSA) is 187 Å². The Hall–Kier alpha value is -2.66.